The number of aromatic nitrogens is 2. The number of H-pyrrole nitrogens is 1. The quantitative estimate of drug-likeness (QED) is 0.497. The minimum absolute atomic E-state index is 0.159. The van der Waals surface area contributed by atoms with Gasteiger partial charge in [0.05, 0.1) is 12.3 Å². The van der Waals surface area contributed by atoms with Crippen LogP contribution in [-0.4, -0.2) is 22.8 Å². The molecule has 6 nitrogen and oxygen atoms in total. The number of benzene rings is 2. The Balaban J connectivity index is 2.05. The lowest BCUT2D eigenvalue weighted by Crippen LogP contribution is -2.05. The Hall–Kier alpha value is -2.99. The lowest BCUT2D eigenvalue weighted by Gasteiger charge is -2.01. The van der Waals surface area contributed by atoms with Gasteiger partial charge in [0, 0.05) is 10.6 Å². The summed E-state index contributed by atoms with van der Waals surface area (Å²) in [4.78, 5) is 12.2. The molecule has 0 fully saturated rings. The van der Waals surface area contributed by atoms with Crippen molar-refractivity contribution in [3.63, 3.8) is 0 Å². The van der Waals surface area contributed by atoms with Crippen LogP contribution in [0.2, 0.25) is 5.02 Å². The minimum atomic E-state index is -0.530. The molecule has 0 spiro atoms. The van der Waals surface area contributed by atoms with Gasteiger partial charge >= 0.3 is 5.97 Å². The Bertz CT molecular complexity index is 889. The molecule has 0 atom stereocenters. The normalized spacial score (nSPS) is 11.0. The van der Waals surface area contributed by atoms with Crippen LogP contribution in [-0.2, 0) is 4.74 Å². The van der Waals surface area contributed by atoms with E-state index in [1.54, 1.807) is 31.2 Å². The first-order valence-corrected chi connectivity index (χ1v) is 8.05. The second-order valence-electron chi connectivity index (χ2n) is 5.06. The highest BCUT2D eigenvalue weighted by atomic mass is 35.5. The largest absolute Gasteiger partial charge is 0.461 e. The van der Waals surface area contributed by atoms with Gasteiger partial charge in [-0.1, -0.05) is 41.9 Å². The first-order valence-electron chi connectivity index (χ1n) is 7.67. The zero-order chi connectivity index (χ0) is 17.6. The maximum Gasteiger partial charge on any atom is 0.358 e. The van der Waals surface area contributed by atoms with E-state index in [1.807, 2.05) is 30.3 Å². The Morgan fingerprint density at radius 1 is 1.12 bits per heavy atom. The summed E-state index contributed by atoms with van der Waals surface area (Å²) in [6, 6.07) is 16.3. The lowest BCUT2D eigenvalue weighted by atomic mass is 10.1. The Morgan fingerprint density at radius 2 is 1.84 bits per heavy atom. The third kappa shape index (κ3) is 3.92. The fourth-order valence-electron chi connectivity index (χ4n) is 2.19. The number of carbonyl (C=O) groups excluding carboxylic acids is 1. The maximum absolute atomic E-state index is 12.2. The van der Waals surface area contributed by atoms with Gasteiger partial charge < -0.3 is 4.74 Å². The van der Waals surface area contributed by atoms with E-state index in [4.69, 9.17) is 16.3 Å². The first kappa shape index (κ1) is 16.9. The van der Waals surface area contributed by atoms with Crippen LogP contribution in [0.3, 0.4) is 0 Å². The summed E-state index contributed by atoms with van der Waals surface area (Å²) in [6.07, 6.45) is 0. The highest BCUT2D eigenvalue weighted by Crippen LogP contribution is 2.33. The van der Waals surface area contributed by atoms with E-state index in [-0.39, 0.29) is 12.3 Å². The number of carbonyl (C=O) groups is 1. The van der Waals surface area contributed by atoms with Crippen LogP contribution in [0, 0.1) is 0 Å². The van der Waals surface area contributed by atoms with Gasteiger partial charge in [-0.3, -0.25) is 5.10 Å². The van der Waals surface area contributed by atoms with Gasteiger partial charge in [0.1, 0.15) is 11.4 Å². The van der Waals surface area contributed by atoms with Gasteiger partial charge in [0.2, 0.25) is 0 Å². The molecule has 0 radical (unpaired) electrons. The Kier molecular flexibility index (Phi) is 5.20. The smallest absolute Gasteiger partial charge is 0.358 e. The number of nitrogens with one attached hydrogen (secondary N) is 1. The number of hydrogen-bond donors (Lipinski definition) is 1. The third-order valence-electron chi connectivity index (χ3n) is 3.36. The van der Waals surface area contributed by atoms with Crippen molar-refractivity contribution in [3.05, 3.63) is 65.3 Å². The molecule has 1 N–H and O–H groups in total. The first-order chi connectivity index (χ1) is 12.2. The van der Waals surface area contributed by atoms with Crippen molar-refractivity contribution in [1.29, 1.82) is 0 Å². The van der Waals surface area contributed by atoms with Gasteiger partial charge in [-0.15, -0.1) is 5.11 Å². The van der Waals surface area contributed by atoms with Gasteiger partial charge in [-0.25, -0.2) is 4.79 Å². The lowest BCUT2D eigenvalue weighted by molar-refractivity contribution is 0.0520. The minimum Gasteiger partial charge on any atom is -0.461 e. The molecule has 2 aromatic carbocycles. The van der Waals surface area contributed by atoms with Gasteiger partial charge in [-0.05, 0) is 31.2 Å². The number of aromatic amines is 1. The summed E-state index contributed by atoms with van der Waals surface area (Å²) in [6.45, 7) is 1.99. The Morgan fingerprint density at radius 3 is 2.52 bits per heavy atom. The van der Waals surface area contributed by atoms with Crippen LogP contribution < -0.4 is 0 Å². The van der Waals surface area contributed by atoms with E-state index in [9.17, 15) is 4.79 Å². The number of halogens is 1. The monoisotopic (exact) mass is 354 g/mol. The van der Waals surface area contributed by atoms with Gasteiger partial charge in [0.25, 0.3) is 0 Å². The molecule has 0 amide bonds. The van der Waals surface area contributed by atoms with E-state index in [2.05, 4.69) is 20.4 Å². The van der Waals surface area contributed by atoms with Gasteiger partial charge in [0.15, 0.2) is 5.69 Å². The van der Waals surface area contributed by atoms with Crippen molar-refractivity contribution < 1.29 is 9.53 Å². The van der Waals surface area contributed by atoms with Crippen LogP contribution in [0.15, 0.2) is 64.8 Å². The average molecular weight is 355 g/mol. The highest BCUT2D eigenvalue weighted by molar-refractivity contribution is 6.30. The molecule has 0 aliphatic heterocycles. The molecule has 0 unspecified atom stereocenters. The van der Waals surface area contributed by atoms with Crippen LogP contribution in [0.1, 0.15) is 17.4 Å². The predicted molar refractivity (Wildman–Crippen MR) is 95.6 cm³/mol. The fraction of sp³-hybridized carbons (Fsp3) is 0.111. The molecule has 0 aliphatic rings. The summed E-state index contributed by atoms with van der Waals surface area (Å²) in [7, 11) is 0. The SMILES string of the molecule is CCOC(=O)c1[nH]nc(-c2ccc(Cl)cc2)c1N=Nc1ccccc1. The highest BCUT2D eigenvalue weighted by Gasteiger charge is 2.21. The molecule has 0 saturated heterocycles. The van der Waals surface area contributed by atoms with E-state index in [0.29, 0.717) is 22.1 Å². The Labute approximate surface area is 149 Å². The molecule has 1 heterocycles. The van der Waals surface area contributed by atoms with Crippen LogP contribution >= 0.6 is 11.6 Å². The van der Waals surface area contributed by atoms with Gasteiger partial charge in [-0.2, -0.15) is 10.2 Å². The number of nitrogens with zero attached hydrogens (tertiary/aromatic N) is 3. The van der Waals surface area contributed by atoms with Crippen molar-refractivity contribution in [2.24, 2.45) is 10.2 Å². The molecule has 3 aromatic rings. The summed E-state index contributed by atoms with van der Waals surface area (Å²) in [5.41, 5.74) is 2.41. The van der Waals surface area contributed by atoms with Crippen LogP contribution in [0.5, 0.6) is 0 Å². The van der Waals surface area contributed by atoms with Crippen LogP contribution in [0.4, 0.5) is 11.4 Å². The van der Waals surface area contributed by atoms with Crippen molar-refractivity contribution in [3.8, 4) is 11.3 Å². The second-order valence-corrected chi connectivity index (χ2v) is 5.50. The average Bonchev–Trinajstić information content (AvgIpc) is 3.06. The molecule has 7 heteroatoms. The standard InChI is InChI=1S/C18H15ClN4O2/c1-2-25-18(24)17-16(22-20-14-6-4-3-5-7-14)15(21-23-17)12-8-10-13(19)11-9-12/h3-11H,2H2,1H3,(H,21,23). The molecule has 0 aliphatic carbocycles. The molecule has 1 aromatic heterocycles. The summed E-state index contributed by atoms with van der Waals surface area (Å²) >= 11 is 5.93. The summed E-state index contributed by atoms with van der Waals surface area (Å²) in [5.74, 6) is -0.530. The molecular formula is C18H15ClN4O2. The number of ether oxygens (including phenoxy) is 1. The number of esters is 1. The molecule has 126 valence electrons. The molecule has 0 saturated carbocycles. The second kappa shape index (κ2) is 7.72. The maximum atomic E-state index is 12.2. The molecule has 3 rings (SSSR count). The van der Waals surface area contributed by atoms with Crippen LogP contribution in [0.25, 0.3) is 11.3 Å². The molecule has 25 heavy (non-hydrogen) atoms. The number of hydrogen-bond acceptors (Lipinski definition) is 5. The topological polar surface area (TPSA) is 79.7 Å². The van der Waals surface area contributed by atoms with Crippen molar-refractivity contribution in [2.75, 3.05) is 6.61 Å². The predicted octanol–water partition coefficient (Wildman–Crippen LogP) is 5.32. The van der Waals surface area contributed by atoms with E-state index in [1.165, 1.54) is 0 Å². The summed E-state index contributed by atoms with van der Waals surface area (Å²) < 4.78 is 5.06. The third-order valence-corrected chi connectivity index (χ3v) is 3.61. The van der Waals surface area contributed by atoms with Crippen molar-refractivity contribution >= 4 is 28.9 Å². The fourth-order valence-corrected chi connectivity index (χ4v) is 2.32. The van der Waals surface area contributed by atoms with E-state index < -0.39 is 5.97 Å². The zero-order valence-electron chi connectivity index (χ0n) is 13.4. The summed E-state index contributed by atoms with van der Waals surface area (Å²) in [5, 5.41) is 15.9. The number of rotatable bonds is 5. The van der Waals surface area contributed by atoms with Crippen molar-refractivity contribution in [1.82, 2.24) is 10.2 Å². The molecule has 0 bridgehead atoms. The zero-order valence-corrected chi connectivity index (χ0v) is 14.2. The number of azo groups is 1. The van der Waals surface area contributed by atoms with E-state index >= 15 is 0 Å². The van der Waals surface area contributed by atoms with Crippen molar-refractivity contribution in [2.45, 2.75) is 6.92 Å². The molecular weight excluding hydrogens is 340 g/mol. The van der Waals surface area contributed by atoms with E-state index in [0.717, 1.165) is 5.56 Å².